The first-order valence-electron chi connectivity index (χ1n) is 8.57. The van der Waals surface area contributed by atoms with Crippen molar-refractivity contribution in [3.63, 3.8) is 0 Å². The van der Waals surface area contributed by atoms with Crippen LogP contribution in [0.5, 0.6) is 5.88 Å². The molecule has 1 aliphatic heterocycles. The highest BCUT2D eigenvalue weighted by molar-refractivity contribution is 5.68. The minimum atomic E-state index is -4.46. The number of piperidine rings is 1. The van der Waals surface area contributed by atoms with Crippen molar-refractivity contribution >= 4 is 6.09 Å². The second-order valence-electron chi connectivity index (χ2n) is 7.50. The molecule has 146 valence electrons. The van der Waals surface area contributed by atoms with Crippen molar-refractivity contribution in [1.29, 1.82) is 0 Å². The van der Waals surface area contributed by atoms with Crippen molar-refractivity contribution in [3.8, 4) is 5.88 Å². The van der Waals surface area contributed by atoms with Crippen LogP contribution in [0.25, 0.3) is 0 Å². The molecule has 1 aromatic heterocycles. The predicted molar refractivity (Wildman–Crippen MR) is 90.0 cm³/mol. The second-order valence-corrected chi connectivity index (χ2v) is 7.50. The van der Waals surface area contributed by atoms with Gasteiger partial charge in [-0.1, -0.05) is 0 Å². The van der Waals surface area contributed by atoms with Crippen molar-refractivity contribution < 1.29 is 27.4 Å². The number of rotatable bonds is 3. The lowest BCUT2D eigenvalue weighted by Crippen LogP contribution is -2.42. The molecule has 0 aliphatic carbocycles. The molecule has 2 heterocycles. The summed E-state index contributed by atoms with van der Waals surface area (Å²) < 4.78 is 50.0. The molecule has 1 amide bonds. The number of aromatic nitrogens is 1. The van der Waals surface area contributed by atoms with E-state index in [-0.39, 0.29) is 29.9 Å². The highest BCUT2D eigenvalue weighted by Gasteiger charge is 2.35. The van der Waals surface area contributed by atoms with Crippen LogP contribution in [-0.2, 0) is 17.3 Å². The normalized spacial score (nSPS) is 16.5. The van der Waals surface area contributed by atoms with Gasteiger partial charge in [0.25, 0.3) is 0 Å². The fourth-order valence-electron chi connectivity index (χ4n) is 2.96. The maximum absolute atomic E-state index is 13.3. The first-order chi connectivity index (χ1) is 12.0. The van der Waals surface area contributed by atoms with Crippen molar-refractivity contribution in [2.75, 3.05) is 20.2 Å². The van der Waals surface area contributed by atoms with Gasteiger partial charge in [0.15, 0.2) is 0 Å². The van der Waals surface area contributed by atoms with Gasteiger partial charge in [-0.3, -0.25) is 0 Å². The van der Waals surface area contributed by atoms with Crippen LogP contribution >= 0.6 is 0 Å². The second kappa shape index (κ2) is 7.72. The van der Waals surface area contributed by atoms with Gasteiger partial charge in [0.05, 0.1) is 12.7 Å². The Labute approximate surface area is 151 Å². The summed E-state index contributed by atoms with van der Waals surface area (Å²) in [6, 6.07) is 0.936. The molecular formula is C18H25F3N2O3. The van der Waals surface area contributed by atoms with Crippen LogP contribution in [0.4, 0.5) is 18.0 Å². The topological polar surface area (TPSA) is 51.7 Å². The molecule has 1 saturated heterocycles. The van der Waals surface area contributed by atoms with Crippen LogP contribution in [0.15, 0.2) is 12.3 Å². The molecule has 1 fully saturated rings. The quantitative estimate of drug-likeness (QED) is 0.792. The van der Waals surface area contributed by atoms with Crippen LogP contribution in [0.2, 0.25) is 0 Å². The van der Waals surface area contributed by atoms with E-state index in [1.807, 2.05) is 0 Å². The monoisotopic (exact) mass is 374 g/mol. The summed E-state index contributed by atoms with van der Waals surface area (Å²) in [5.41, 5.74) is -1.11. The van der Waals surface area contributed by atoms with E-state index in [9.17, 15) is 18.0 Å². The Morgan fingerprint density at radius 2 is 1.88 bits per heavy atom. The number of hydrogen-bond donors (Lipinski definition) is 0. The number of hydrogen-bond acceptors (Lipinski definition) is 4. The minimum Gasteiger partial charge on any atom is -0.481 e. The number of carbonyl (C=O) groups excluding carboxylic acids is 1. The van der Waals surface area contributed by atoms with Crippen molar-refractivity contribution in [1.82, 2.24) is 9.88 Å². The Bertz CT molecular complexity index is 634. The molecule has 8 heteroatoms. The molecule has 0 unspecified atom stereocenters. The summed E-state index contributed by atoms with van der Waals surface area (Å²) in [4.78, 5) is 17.6. The van der Waals surface area contributed by atoms with E-state index < -0.39 is 17.3 Å². The molecule has 0 aromatic carbocycles. The number of halogens is 3. The molecule has 0 saturated carbocycles. The Morgan fingerprint density at radius 3 is 2.38 bits per heavy atom. The van der Waals surface area contributed by atoms with Gasteiger partial charge in [0.2, 0.25) is 5.88 Å². The number of ether oxygens (including phenoxy) is 2. The van der Waals surface area contributed by atoms with Gasteiger partial charge in [-0.05, 0) is 51.5 Å². The number of nitrogens with zero attached hydrogens (tertiary/aromatic N) is 2. The summed E-state index contributed by atoms with van der Waals surface area (Å²) >= 11 is 0. The molecule has 0 bridgehead atoms. The van der Waals surface area contributed by atoms with E-state index in [2.05, 4.69) is 4.98 Å². The van der Waals surface area contributed by atoms with Gasteiger partial charge in [0, 0.05) is 25.4 Å². The number of alkyl halides is 3. The van der Waals surface area contributed by atoms with Crippen LogP contribution in [-0.4, -0.2) is 41.8 Å². The van der Waals surface area contributed by atoms with Crippen LogP contribution < -0.4 is 4.74 Å². The molecule has 5 nitrogen and oxygen atoms in total. The number of amides is 1. The third-order valence-electron chi connectivity index (χ3n) is 4.25. The lowest BCUT2D eigenvalue weighted by Gasteiger charge is -2.33. The SMILES string of the molecule is COc1cc(C(F)(F)F)c(CC2CCN(C(=O)OC(C)(C)C)CC2)cn1. The van der Waals surface area contributed by atoms with Crippen LogP contribution in [0, 0.1) is 5.92 Å². The Balaban J connectivity index is 2.00. The molecule has 2 rings (SSSR count). The number of methoxy groups -OCH3 is 1. The molecule has 1 aliphatic rings. The van der Waals surface area contributed by atoms with E-state index >= 15 is 0 Å². The average molecular weight is 374 g/mol. The maximum Gasteiger partial charge on any atom is 0.416 e. The number of pyridine rings is 1. The highest BCUT2D eigenvalue weighted by Crippen LogP contribution is 2.35. The third kappa shape index (κ3) is 5.51. The zero-order chi connectivity index (χ0) is 19.5. The summed E-state index contributed by atoms with van der Waals surface area (Å²) in [5.74, 6) is 0.00537. The van der Waals surface area contributed by atoms with Crippen molar-refractivity contribution in [3.05, 3.63) is 23.4 Å². The molecule has 0 atom stereocenters. The molecular weight excluding hydrogens is 349 g/mol. The Morgan fingerprint density at radius 1 is 1.27 bits per heavy atom. The number of carbonyl (C=O) groups is 1. The molecule has 0 spiro atoms. The average Bonchev–Trinajstić information content (AvgIpc) is 2.53. The van der Waals surface area contributed by atoms with Gasteiger partial charge in [-0.2, -0.15) is 13.2 Å². The largest absolute Gasteiger partial charge is 0.481 e. The smallest absolute Gasteiger partial charge is 0.416 e. The zero-order valence-electron chi connectivity index (χ0n) is 15.5. The fraction of sp³-hybridized carbons (Fsp3) is 0.667. The fourth-order valence-corrected chi connectivity index (χ4v) is 2.96. The van der Waals surface area contributed by atoms with E-state index in [1.54, 1.807) is 25.7 Å². The van der Waals surface area contributed by atoms with Gasteiger partial charge in [-0.15, -0.1) is 0 Å². The summed E-state index contributed by atoms with van der Waals surface area (Å²) in [6.07, 6.45) is -2.07. The van der Waals surface area contributed by atoms with E-state index in [0.717, 1.165) is 6.07 Å². The van der Waals surface area contributed by atoms with Crippen LogP contribution in [0.1, 0.15) is 44.7 Å². The van der Waals surface area contributed by atoms with E-state index in [4.69, 9.17) is 9.47 Å². The van der Waals surface area contributed by atoms with Gasteiger partial charge >= 0.3 is 12.3 Å². The molecule has 0 radical (unpaired) electrons. The first-order valence-corrected chi connectivity index (χ1v) is 8.57. The van der Waals surface area contributed by atoms with Crippen LogP contribution in [0.3, 0.4) is 0 Å². The lowest BCUT2D eigenvalue weighted by molar-refractivity contribution is -0.138. The van der Waals surface area contributed by atoms with Crippen molar-refractivity contribution in [2.24, 2.45) is 5.92 Å². The standard InChI is InChI=1S/C18H25F3N2O3/c1-17(2,3)26-16(24)23-7-5-12(6-8-23)9-13-11-22-15(25-4)10-14(13)18(19,20)21/h10-12H,5-9H2,1-4H3. The number of likely N-dealkylation sites (tertiary alicyclic amines) is 1. The van der Waals surface area contributed by atoms with Gasteiger partial charge in [0.1, 0.15) is 5.60 Å². The maximum atomic E-state index is 13.3. The highest BCUT2D eigenvalue weighted by atomic mass is 19.4. The van der Waals surface area contributed by atoms with E-state index in [0.29, 0.717) is 25.9 Å². The van der Waals surface area contributed by atoms with Gasteiger partial charge in [-0.25, -0.2) is 9.78 Å². The first kappa shape index (κ1) is 20.3. The third-order valence-corrected chi connectivity index (χ3v) is 4.25. The van der Waals surface area contributed by atoms with Crippen molar-refractivity contribution in [2.45, 2.75) is 51.8 Å². The summed E-state index contributed by atoms with van der Waals surface area (Å²) in [7, 11) is 1.29. The summed E-state index contributed by atoms with van der Waals surface area (Å²) in [6.45, 7) is 6.35. The molecule has 0 N–H and O–H groups in total. The van der Waals surface area contributed by atoms with E-state index in [1.165, 1.54) is 13.3 Å². The zero-order valence-corrected chi connectivity index (χ0v) is 15.5. The minimum absolute atomic E-state index is 0.0548. The van der Waals surface area contributed by atoms with Gasteiger partial charge < -0.3 is 14.4 Å². The lowest BCUT2D eigenvalue weighted by atomic mass is 9.89. The molecule has 26 heavy (non-hydrogen) atoms. The molecule has 1 aromatic rings. The summed E-state index contributed by atoms with van der Waals surface area (Å²) in [5, 5.41) is 0. The predicted octanol–water partition coefficient (Wildman–Crippen LogP) is 4.30. The Kier molecular flexibility index (Phi) is 6.03. The Hall–Kier alpha value is -1.99.